The van der Waals surface area contributed by atoms with Crippen LogP contribution in [0, 0.1) is 0 Å². The van der Waals surface area contributed by atoms with Crippen molar-refractivity contribution in [3.63, 3.8) is 0 Å². The second-order valence-corrected chi connectivity index (χ2v) is 7.41. The van der Waals surface area contributed by atoms with Gasteiger partial charge in [0.25, 0.3) is 0 Å². The summed E-state index contributed by atoms with van der Waals surface area (Å²) in [6.07, 6.45) is 2.64. The Balaban J connectivity index is 1.48. The number of benzene rings is 1. The molecule has 0 unspecified atom stereocenters. The molecule has 9 heteroatoms. The number of nitrogens with one attached hydrogen (secondary N) is 2. The van der Waals surface area contributed by atoms with Gasteiger partial charge in [-0.15, -0.1) is 0 Å². The van der Waals surface area contributed by atoms with Crippen LogP contribution in [0.15, 0.2) is 22.7 Å². The van der Waals surface area contributed by atoms with Gasteiger partial charge in [-0.1, -0.05) is 30.6 Å². The highest BCUT2D eigenvalue weighted by Gasteiger charge is 2.22. The zero-order chi connectivity index (χ0) is 20.1. The molecule has 2 N–H and O–H groups in total. The maximum Gasteiger partial charge on any atom is 0.319 e. The first-order valence-electron chi connectivity index (χ1n) is 9.41. The Morgan fingerprint density at radius 1 is 1.39 bits per heavy atom. The number of hydrogen-bond acceptors (Lipinski definition) is 5. The average molecular weight is 406 g/mol. The molecule has 1 aromatic heterocycles. The van der Waals surface area contributed by atoms with Crippen LogP contribution in [0.25, 0.3) is 0 Å². The summed E-state index contributed by atoms with van der Waals surface area (Å²) in [6.45, 7) is 5.13. The molecule has 8 nitrogen and oxygen atoms in total. The largest absolute Gasteiger partial charge is 0.339 e. The predicted molar refractivity (Wildman–Crippen MR) is 107 cm³/mol. The molecule has 3 amide bonds. The van der Waals surface area contributed by atoms with Crippen LogP contribution in [0.1, 0.15) is 50.7 Å². The fourth-order valence-corrected chi connectivity index (χ4v) is 3.08. The molecule has 1 saturated heterocycles. The summed E-state index contributed by atoms with van der Waals surface area (Å²) >= 11 is 6.18. The topological polar surface area (TPSA) is 100 Å². The van der Waals surface area contributed by atoms with Crippen LogP contribution >= 0.6 is 11.6 Å². The number of urea groups is 1. The van der Waals surface area contributed by atoms with Crippen LogP contribution < -0.4 is 15.5 Å². The lowest BCUT2D eigenvalue weighted by molar-refractivity contribution is -0.117. The smallest absolute Gasteiger partial charge is 0.319 e. The van der Waals surface area contributed by atoms with E-state index in [-0.39, 0.29) is 17.9 Å². The van der Waals surface area contributed by atoms with Gasteiger partial charge in [0, 0.05) is 37.5 Å². The molecular weight excluding hydrogens is 382 g/mol. The first kappa shape index (κ1) is 20.1. The first-order valence-corrected chi connectivity index (χ1v) is 9.79. The van der Waals surface area contributed by atoms with E-state index in [0.717, 1.165) is 12.1 Å². The highest BCUT2D eigenvalue weighted by Crippen LogP contribution is 2.29. The summed E-state index contributed by atoms with van der Waals surface area (Å²) in [6, 6.07) is 4.82. The van der Waals surface area contributed by atoms with E-state index in [4.69, 9.17) is 16.1 Å². The normalized spacial score (nSPS) is 14.0. The minimum Gasteiger partial charge on any atom is -0.339 e. The van der Waals surface area contributed by atoms with Crippen LogP contribution in [0.3, 0.4) is 0 Å². The van der Waals surface area contributed by atoms with Crippen LogP contribution in [0.2, 0.25) is 5.02 Å². The summed E-state index contributed by atoms with van der Waals surface area (Å²) < 4.78 is 5.18. The van der Waals surface area contributed by atoms with E-state index in [1.807, 2.05) is 13.8 Å². The molecule has 2 aromatic rings. The van der Waals surface area contributed by atoms with Crippen LogP contribution in [0.5, 0.6) is 0 Å². The molecule has 1 aromatic carbocycles. The van der Waals surface area contributed by atoms with Crippen molar-refractivity contribution < 1.29 is 14.1 Å². The van der Waals surface area contributed by atoms with Gasteiger partial charge in [0.15, 0.2) is 5.82 Å². The van der Waals surface area contributed by atoms with Crippen LogP contribution in [0.4, 0.5) is 16.2 Å². The maximum atomic E-state index is 12.2. The maximum absolute atomic E-state index is 12.2. The van der Waals surface area contributed by atoms with E-state index in [2.05, 4.69) is 20.8 Å². The fraction of sp³-hybridized carbons (Fsp3) is 0.474. The lowest BCUT2D eigenvalue weighted by Crippen LogP contribution is -2.30. The molecule has 0 radical (unpaired) electrons. The minimum absolute atomic E-state index is 0.0828. The number of hydrogen-bond donors (Lipinski definition) is 2. The Hall–Kier alpha value is -2.61. The average Bonchev–Trinajstić information content (AvgIpc) is 3.30. The number of carbonyl (C=O) groups is 2. The molecule has 0 aliphatic carbocycles. The number of anilines is 2. The lowest BCUT2D eigenvalue weighted by Gasteiger charge is -2.17. The number of aryl methyl sites for hydroxylation is 1. The van der Waals surface area contributed by atoms with E-state index >= 15 is 0 Å². The molecule has 1 fully saturated rings. The van der Waals surface area contributed by atoms with Crippen molar-refractivity contribution in [2.75, 3.05) is 23.3 Å². The number of rotatable bonds is 7. The van der Waals surface area contributed by atoms with Gasteiger partial charge in [-0.3, -0.25) is 4.79 Å². The van der Waals surface area contributed by atoms with Gasteiger partial charge in [-0.25, -0.2) is 4.79 Å². The standard InChI is InChI=1S/C19H24ClN5O3/c1-12(2)18-23-16(28-24-18)5-3-9-21-19(27)22-15-11-13(7-8-14(15)20)25-10-4-6-17(25)26/h7-8,11-12H,3-6,9-10H2,1-2H3,(H2,21,22,27). The highest BCUT2D eigenvalue weighted by atomic mass is 35.5. The monoisotopic (exact) mass is 405 g/mol. The van der Waals surface area contributed by atoms with Gasteiger partial charge in [-0.05, 0) is 31.0 Å². The molecule has 150 valence electrons. The fourth-order valence-electron chi connectivity index (χ4n) is 2.91. The van der Waals surface area contributed by atoms with Gasteiger partial charge < -0.3 is 20.1 Å². The molecular formula is C19H24ClN5O3. The van der Waals surface area contributed by atoms with E-state index < -0.39 is 0 Å². The van der Waals surface area contributed by atoms with Crippen molar-refractivity contribution in [1.82, 2.24) is 15.5 Å². The van der Waals surface area contributed by atoms with Crippen molar-refractivity contribution >= 4 is 34.9 Å². The zero-order valence-electron chi connectivity index (χ0n) is 16.0. The molecule has 0 saturated carbocycles. The summed E-state index contributed by atoms with van der Waals surface area (Å²) in [4.78, 5) is 30.1. The third-order valence-electron chi connectivity index (χ3n) is 4.44. The van der Waals surface area contributed by atoms with Crippen molar-refractivity contribution in [3.05, 3.63) is 34.9 Å². The number of carbonyl (C=O) groups excluding carboxylic acids is 2. The summed E-state index contributed by atoms with van der Waals surface area (Å²) in [5.41, 5.74) is 1.20. The molecule has 2 heterocycles. The Morgan fingerprint density at radius 2 is 2.21 bits per heavy atom. The van der Waals surface area contributed by atoms with Crippen molar-refractivity contribution in [2.45, 2.75) is 45.4 Å². The Kier molecular flexibility index (Phi) is 6.51. The van der Waals surface area contributed by atoms with Crippen molar-refractivity contribution in [3.8, 4) is 0 Å². The number of amides is 3. The SMILES string of the molecule is CC(C)c1noc(CCCNC(=O)Nc2cc(N3CCCC3=O)ccc2Cl)n1. The summed E-state index contributed by atoms with van der Waals surface area (Å²) in [5.74, 6) is 1.56. The lowest BCUT2D eigenvalue weighted by atomic mass is 10.2. The third-order valence-corrected chi connectivity index (χ3v) is 4.77. The van der Waals surface area contributed by atoms with Gasteiger partial charge in [0.1, 0.15) is 0 Å². The zero-order valence-corrected chi connectivity index (χ0v) is 16.8. The highest BCUT2D eigenvalue weighted by molar-refractivity contribution is 6.33. The third kappa shape index (κ3) is 5.01. The molecule has 0 bridgehead atoms. The van der Waals surface area contributed by atoms with Gasteiger partial charge in [-0.2, -0.15) is 4.98 Å². The number of halogens is 1. The summed E-state index contributed by atoms with van der Waals surface area (Å²) in [7, 11) is 0. The van der Waals surface area contributed by atoms with Gasteiger partial charge >= 0.3 is 6.03 Å². The molecule has 0 spiro atoms. The number of aromatic nitrogens is 2. The Morgan fingerprint density at radius 3 is 2.89 bits per heavy atom. The van der Waals surface area contributed by atoms with Gasteiger partial charge in [0.05, 0.1) is 10.7 Å². The van der Waals surface area contributed by atoms with E-state index in [1.165, 1.54) is 0 Å². The predicted octanol–water partition coefficient (Wildman–Crippen LogP) is 3.73. The van der Waals surface area contributed by atoms with E-state index in [9.17, 15) is 9.59 Å². The second kappa shape index (κ2) is 9.05. The second-order valence-electron chi connectivity index (χ2n) is 7.00. The molecule has 28 heavy (non-hydrogen) atoms. The van der Waals surface area contributed by atoms with Gasteiger partial charge in [0.2, 0.25) is 11.8 Å². The molecule has 0 atom stereocenters. The van der Waals surface area contributed by atoms with Crippen LogP contribution in [-0.2, 0) is 11.2 Å². The van der Waals surface area contributed by atoms with E-state index in [1.54, 1.807) is 23.1 Å². The molecule has 1 aliphatic rings. The Bertz CT molecular complexity index is 852. The minimum atomic E-state index is -0.361. The van der Waals surface area contributed by atoms with Crippen LogP contribution in [-0.4, -0.2) is 35.2 Å². The molecule has 3 rings (SSSR count). The van der Waals surface area contributed by atoms with Crippen molar-refractivity contribution in [2.24, 2.45) is 0 Å². The molecule has 1 aliphatic heterocycles. The quantitative estimate of drug-likeness (QED) is 0.683. The van der Waals surface area contributed by atoms with Crippen molar-refractivity contribution in [1.29, 1.82) is 0 Å². The number of nitrogens with zero attached hydrogens (tertiary/aromatic N) is 3. The summed E-state index contributed by atoms with van der Waals surface area (Å²) in [5, 5.41) is 9.84. The van der Waals surface area contributed by atoms with E-state index in [0.29, 0.717) is 54.8 Å². The Labute approximate surface area is 168 Å². The first-order chi connectivity index (χ1) is 13.4.